The van der Waals surface area contributed by atoms with E-state index in [0.717, 1.165) is 12.8 Å². The third kappa shape index (κ3) is 6.10. The van der Waals surface area contributed by atoms with E-state index in [-0.39, 0.29) is 30.5 Å². The Balaban J connectivity index is 1.48. The molecule has 0 aromatic heterocycles. The summed E-state index contributed by atoms with van der Waals surface area (Å²) in [5.41, 5.74) is 0.654. The summed E-state index contributed by atoms with van der Waals surface area (Å²) in [7, 11) is 0. The lowest BCUT2D eigenvalue weighted by Crippen LogP contribution is -2.52. The molecule has 0 spiro atoms. The van der Waals surface area contributed by atoms with Crippen molar-refractivity contribution in [2.24, 2.45) is 0 Å². The van der Waals surface area contributed by atoms with Crippen LogP contribution in [0.1, 0.15) is 44.0 Å². The van der Waals surface area contributed by atoms with Crippen LogP contribution in [0.4, 0.5) is 10.5 Å². The Hall–Kier alpha value is -2.77. The number of carbonyl (C=O) groups excluding carboxylic acids is 3. The van der Waals surface area contributed by atoms with Crippen LogP contribution < -0.4 is 10.6 Å². The number of hydrogen-bond donors (Lipinski definition) is 2. The van der Waals surface area contributed by atoms with E-state index in [2.05, 4.69) is 10.6 Å². The summed E-state index contributed by atoms with van der Waals surface area (Å²) in [4.78, 5) is 40.4. The summed E-state index contributed by atoms with van der Waals surface area (Å²) in [6.07, 6.45) is 1.70. The summed E-state index contributed by atoms with van der Waals surface area (Å²) in [6, 6.07) is 7.48. The van der Waals surface area contributed by atoms with E-state index in [1.165, 1.54) is 0 Å². The minimum Gasteiger partial charge on any atom is -0.444 e. The van der Waals surface area contributed by atoms with Gasteiger partial charge in [0, 0.05) is 37.9 Å². The number of ether oxygens (including phenoxy) is 1. The Kier molecular flexibility index (Phi) is 6.30. The van der Waals surface area contributed by atoms with Crippen LogP contribution in [0.15, 0.2) is 24.3 Å². The zero-order chi connectivity index (χ0) is 21.0. The van der Waals surface area contributed by atoms with E-state index in [1.54, 1.807) is 21.9 Å². The van der Waals surface area contributed by atoms with Crippen molar-refractivity contribution in [1.29, 1.82) is 0 Å². The predicted octanol–water partition coefficient (Wildman–Crippen LogP) is 2.07. The summed E-state index contributed by atoms with van der Waals surface area (Å²) in [5.74, 6) is -0.180. The minimum atomic E-state index is -0.535. The maximum Gasteiger partial charge on any atom is 0.410 e. The number of nitrogens with zero attached hydrogens (tertiary/aromatic N) is 2. The van der Waals surface area contributed by atoms with Crippen LogP contribution in [0.5, 0.6) is 0 Å². The summed E-state index contributed by atoms with van der Waals surface area (Å²) >= 11 is 0. The molecule has 0 radical (unpaired) electrons. The molecule has 2 N–H and O–H groups in total. The second kappa shape index (κ2) is 8.71. The van der Waals surface area contributed by atoms with Crippen LogP contribution in [0.2, 0.25) is 0 Å². The topological polar surface area (TPSA) is 91.0 Å². The second-order valence-corrected chi connectivity index (χ2v) is 8.50. The molecule has 2 fully saturated rings. The molecule has 1 aliphatic heterocycles. The molecule has 29 heavy (non-hydrogen) atoms. The molecule has 1 saturated carbocycles. The lowest BCUT2D eigenvalue weighted by atomic mass is 10.1. The Bertz CT molecular complexity index is 762. The van der Waals surface area contributed by atoms with E-state index in [1.807, 2.05) is 32.9 Å². The molecule has 2 aliphatic rings. The highest BCUT2D eigenvalue weighted by Crippen LogP contribution is 2.21. The SMILES string of the molecule is CC(C)(C)OC(=O)N1CCN(C(=O)CNc2ccccc2C(=O)NC2CC2)CC1. The first-order valence-electron chi connectivity index (χ1n) is 10.1. The average Bonchev–Trinajstić information content (AvgIpc) is 3.49. The van der Waals surface area contributed by atoms with Crippen LogP contribution >= 0.6 is 0 Å². The molecule has 3 rings (SSSR count). The van der Waals surface area contributed by atoms with Gasteiger partial charge in [0.15, 0.2) is 0 Å². The van der Waals surface area contributed by atoms with Gasteiger partial charge in [0.1, 0.15) is 5.60 Å². The number of benzene rings is 1. The van der Waals surface area contributed by atoms with E-state index in [0.29, 0.717) is 37.4 Å². The molecule has 158 valence electrons. The molecule has 1 saturated heterocycles. The highest BCUT2D eigenvalue weighted by atomic mass is 16.6. The zero-order valence-electron chi connectivity index (χ0n) is 17.4. The Morgan fingerprint density at radius 3 is 2.28 bits per heavy atom. The standard InChI is InChI=1S/C21H30N4O4/c1-21(2,3)29-20(28)25-12-10-24(11-13-25)18(26)14-22-17-7-5-4-6-16(17)19(27)23-15-8-9-15/h4-7,15,22H,8-14H2,1-3H3,(H,23,27). The van der Waals surface area contributed by atoms with Gasteiger partial charge in [0.2, 0.25) is 5.91 Å². The van der Waals surface area contributed by atoms with Crippen molar-refractivity contribution in [2.75, 3.05) is 38.0 Å². The second-order valence-electron chi connectivity index (χ2n) is 8.50. The van der Waals surface area contributed by atoms with Gasteiger partial charge >= 0.3 is 6.09 Å². The van der Waals surface area contributed by atoms with Crippen molar-refractivity contribution < 1.29 is 19.1 Å². The van der Waals surface area contributed by atoms with Crippen LogP contribution in [0.25, 0.3) is 0 Å². The van der Waals surface area contributed by atoms with Crippen LogP contribution in [-0.2, 0) is 9.53 Å². The third-order valence-corrected chi connectivity index (χ3v) is 4.80. The van der Waals surface area contributed by atoms with Crippen molar-refractivity contribution in [2.45, 2.75) is 45.3 Å². The first kappa shape index (κ1) is 21.0. The molecule has 1 heterocycles. The van der Waals surface area contributed by atoms with Crippen LogP contribution in [-0.4, -0.2) is 72.1 Å². The molecule has 1 aliphatic carbocycles. The molecule has 1 aromatic carbocycles. The molecule has 8 nitrogen and oxygen atoms in total. The third-order valence-electron chi connectivity index (χ3n) is 4.80. The summed E-state index contributed by atoms with van der Waals surface area (Å²) < 4.78 is 5.38. The number of piperazine rings is 1. The average molecular weight is 402 g/mol. The normalized spacial score (nSPS) is 16.9. The van der Waals surface area contributed by atoms with Gasteiger partial charge in [-0.25, -0.2) is 4.79 Å². The number of nitrogens with one attached hydrogen (secondary N) is 2. The van der Waals surface area contributed by atoms with E-state index in [4.69, 9.17) is 4.74 Å². The van der Waals surface area contributed by atoms with Crippen molar-refractivity contribution in [3.05, 3.63) is 29.8 Å². The first-order valence-corrected chi connectivity index (χ1v) is 10.1. The van der Waals surface area contributed by atoms with Crippen LogP contribution in [0, 0.1) is 0 Å². The number of carbonyl (C=O) groups is 3. The first-order chi connectivity index (χ1) is 13.7. The number of rotatable bonds is 5. The Morgan fingerprint density at radius 2 is 1.66 bits per heavy atom. The van der Waals surface area contributed by atoms with E-state index < -0.39 is 5.60 Å². The van der Waals surface area contributed by atoms with Crippen molar-refractivity contribution >= 4 is 23.6 Å². The summed E-state index contributed by atoms with van der Waals surface area (Å²) in [5, 5.41) is 6.06. The number of hydrogen-bond acceptors (Lipinski definition) is 5. The van der Waals surface area contributed by atoms with Gasteiger partial charge in [0.05, 0.1) is 12.1 Å². The molecule has 8 heteroatoms. The number of para-hydroxylation sites is 1. The van der Waals surface area contributed by atoms with Gasteiger partial charge in [-0.15, -0.1) is 0 Å². The number of amides is 3. The van der Waals surface area contributed by atoms with Gasteiger partial charge in [-0.1, -0.05) is 12.1 Å². The van der Waals surface area contributed by atoms with Gasteiger partial charge in [-0.3, -0.25) is 9.59 Å². The maximum absolute atomic E-state index is 12.6. The highest BCUT2D eigenvalue weighted by molar-refractivity contribution is 6.00. The predicted molar refractivity (Wildman–Crippen MR) is 110 cm³/mol. The monoisotopic (exact) mass is 402 g/mol. The molecule has 0 bridgehead atoms. The minimum absolute atomic E-state index is 0.0637. The fourth-order valence-corrected chi connectivity index (χ4v) is 3.07. The van der Waals surface area contributed by atoms with Gasteiger partial charge < -0.3 is 25.2 Å². The van der Waals surface area contributed by atoms with Gasteiger partial charge in [0.25, 0.3) is 5.91 Å². The van der Waals surface area contributed by atoms with Crippen molar-refractivity contribution in [3.8, 4) is 0 Å². The van der Waals surface area contributed by atoms with Crippen molar-refractivity contribution in [3.63, 3.8) is 0 Å². The Morgan fingerprint density at radius 1 is 1.03 bits per heavy atom. The molecule has 1 aromatic rings. The fraction of sp³-hybridized carbons (Fsp3) is 0.571. The van der Waals surface area contributed by atoms with Crippen LogP contribution in [0.3, 0.4) is 0 Å². The lowest BCUT2D eigenvalue weighted by molar-refractivity contribution is -0.131. The van der Waals surface area contributed by atoms with Gasteiger partial charge in [-0.05, 0) is 45.7 Å². The zero-order valence-corrected chi connectivity index (χ0v) is 17.4. The maximum atomic E-state index is 12.6. The quantitative estimate of drug-likeness (QED) is 0.787. The fourth-order valence-electron chi connectivity index (χ4n) is 3.07. The lowest BCUT2D eigenvalue weighted by Gasteiger charge is -2.35. The molecule has 0 atom stereocenters. The largest absolute Gasteiger partial charge is 0.444 e. The molecular formula is C21H30N4O4. The molecular weight excluding hydrogens is 372 g/mol. The van der Waals surface area contributed by atoms with E-state index >= 15 is 0 Å². The summed E-state index contributed by atoms with van der Waals surface area (Å²) in [6.45, 7) is 7.41. The number of anilines is 1. The Labute approximate surface area is 171 Å². The van der Waals surface area contributed by atoms with Crippen molar-refractivity contribution in [1.82, 2.24) is 15.1 Å². The highest BCUT2D eigenvalue weighted by Gasteiger charge is 2.28. The van der Waals surface area contributed by atoms with Gasteiger partial charge in [-0.2, -0.15) is 0 Å². The smallest absolute Gasteiger partial charge is 0.410 e. The van der Waals surface area contributed by atoms with E-state index in [9.17, 15) is 14.4 Å². The molecule has 0 unspecified atom stereocenters. The molecule has 3 amide bonds.